The Morgan fingerprint density at radius 3 is 2.48 bits per heavy atom. The van der Waals surface area contributed by atoms with E-state index in [2.05, 4.69) is 9.97 Å². The molecule has 0 aliphatic rings. The highest BCUT2D eigenvalue weighted by Gasteiger charge is 2.30. The van der Waals surface area contributed by atoms with E-state index in [1.165, 1.54) is 17.0 Å². The first-order chi connectivity index (χ1) is 11.8. The maximum absolute atomic E-state index is 12.7. The van der Waals surface area contributed by atoms with Crippen LogP contribution in [0.4, 0.5) is 13.2 Å². The normalized spacial score (nSPS) is 11.7. The summed E-state index contributed by atoms with van der Waals surface area (Å²) in [5, 5.41) is 0. The highest BCUT2D eigenvalue weighted by Crippen LogP contribution is 2.29. The lowest BCUT2D eigenvalue weighted by Gasteiger charge is -2.18. The smallest absolute Gasteiger partial charge is 0.342 e. The number of nitrogens with zero attached hydrogens (tertiary/aromatic N) is 2. The van der Waals surface area contributed by atoms with E-state index in [1.54, 1.807) is 26.1 Å². The van der Waals surface area contributed by atoms with Gasteiger partial charge in [0.05, 0.1) is 16.6 Å². The van der Waals surface area contributed by atoms with Crippen LogP contribution in [0.5, 0.6) is 0 Å². The molecule has 2 aromatic carbocycles. The number of carbonyl (C=O) groups excluding carboxylic acids is 1. The average Bonchev–Trinajstić information content (AvgIpc) is 2.93. The summed E-state index contributed by atoms with van der Waals surface area (Å²) in [6.07, 6.45) is -4.37. The van der Waals surface area contributed by atoms with Crippen molar-refractivity contribution in [2.75, 3.05) is 7.05 Å². The van der Waals surface area contributed by atoms with Crippen LogP contribution in [0.1, 0.15) is 27.3 Å². The lowest BCUT2D eigenvalue weighted by molar-refractivity contribution is -0.137. The molecule has 0 fully saturated rings. The van der Waals surface area contributed by atoms with Crippen LogP contribution < -0.4 is 0 Å². The number of nitrogens with one attached hydrogen (secondary N) is 1. The number of H-pyrrole nitrogens is 1. The molecule has 1 N–H and O–H groups in total. The van der Waals surface area contributed by atoms with E-state index in [-0.39, 0.29) is 12.5 Å². The first kappa shape index (κ1) is 17.0. The molecule has 7 heteroatoms. The molecule has 1 amide bonds. The number of aromatic nitrogens is 2. The summed E-state index contributed by atoms with van der Waals surface area (Å²) >= 11 is 0. The van der Waals surface area contributed by atoms with E-state index in [9.17, 15) is 18.0 Å². The number of hydrogen-bond donors (Lipinski definition) is 1. The molecule has 0 aliphatic heterocycles. The van der Waals surface area contributed by atoms with Gasteiger partial charge in [-0.1, -0.05) is 18.2 Å². The number of halogens is 3. The second-order valence-corrected chi connectivity index (χ2v) is 5.88. The maximum atomic E-state index is 12.7. The van der Waals surface area contributed by atoms with Crippen LogP contribution >= 0.6 is 0 Å². The van der Waals surface area contributed by atoms with Crippen LogP contribution in [0.15, 0.2) is 42.5 Å². The first-order valence-electron chi connectivity index (χ1n) is 7.62. The predicted octanol–water partition coefficient (Wildman–Crippen LogP) is 4.16. The minimum atomic E-state index is -4.37. The Labute approximate surface area is 142 Å². The third kappa shape index (κ3) is 3.50. The Morgan fingerprint density at radius 2 is 1.84 bits per heavy atom. The van der Waals surface area contributed by atoms with Crippen molar-refractivity contribution >= 4 is 16.9 Å². The fraction of sp³-hybridized carbons (Fsp3) is 0.222. The molecule has 0 aliphatic carbocycles. The summed E-state index contributed by atoms with van der Waals surface area (Å²) in [6, 6.07) is 10.1. The van der Waals surface area contributed by atoms with Gasteiger partial charge in [-0.05, 0) is 36.8 Å². The molecular formula is C18H16F3N3O. The van der Waals surface area contributed by atoms with Crippen molar-refractivity contribution in [3.8, 4) is 0 Å². The molecule has 0 unspecified atom stereocenters. The molecule has 1 heterocycles. The monoisotopic (exact) mass is 347 g/mol. The molecule has 130 valence electrons. The number of aryl methyl sites for hydroxylation is 1. The summed E-state index contributed by atoms with van der Waals surface area (Å²) in [6.45, 7) is 2.01. The van der Waals surface area contributed by atoms with Crippen molar-refractivity contribution < 1.29 is 18.0 Å². The van der Waals surface area contributed by atoms with Gasteiger partial charge in [-0.15, -0.1) is 0 Å². The highest BCUT2D eigenvalue weighted by atomic mass is 19.4. The first-order valence-corrected chi connectivity index (χ1v) is 7.62. The summed E-state index contributed by atoms with van der Waals surface area (Å²) in [5.41, 5.74) is 1.73. The van der Waals surface area contributed by atoms with Gasteiger partial charge in [0.25, 0.3) is 5.91 Å². The summed E-state index contributed by atoms with van der Waals surface area (Å²) in [5.74, 6) is 0.470. The van der Waals surface area contributed by atoms with Crippen molar-refractivity contribution in [3.63, 3.8) is 0 Å². The van der Waals surface area contributed by atoms with Gasteiger partial charge < -0.3 is 9.88 Å². The van der Waals surface area contributed by atoms with Gasteiger partial charge in [-0.2, -0.15) is 13.2 Å². The molecule has 25 heavy (non-hydrogen) atoms. The predicted molar refractivity (Wildman–Crippen MR) is 88.1 cm³/mol. The topological polar surface area (TPSA) is 49.0 Å². The van der Waals surface area contributed by atoms with Gasteiger partial charge >= 0.3 is 6.18 Å². The third-order valence-electron chi connectivity index (χ3n) is 3.91. The fourth-order valence-electron chi connectivity index (χ4n) is 2.68. The van der Waals surface area contributed by atoms with E-state index < -0.39 is 11.7 Å². The van der Waals surface area contributed by atoms with Gasteiger partial charge in [0, 0.05) is 13.6 Å². The number of imidazole rings is 1. The van der Waals surface area contributed by atoms with Crippen molar-refractivity contribution in [1.29, 1.82) is 0 Å². The van der Waals surface area contributed by atoms with Crippen LogP contribution in [0.3, 0.4) is 0 Å². The average molecular weight is 347 g/mol. The summed E-state index contributed by atoms with van der Waals surface area (Å²) in [7, 11) is 1.61. The van der Waals surface area contributed by atoms with Gasteiger partial charge in [-0.3, -0.25) is 4.79 Å². The van der Waals surface area contributed by atoms with Crippen LogP contribution in [0.25, 0.3) is 11.0 Å². The zero-order chi connectivity index (χ0) is 18.2. The van der Waals surface area contributed by atoms with Crippen molar-refractivity contribution in [1.82, 2.24) is 14.9 Å². The van der Waals surface area contributed by atoms with Crippen molar-refractivity contribution in [3.05, 3.63) is 65.0 Å². The largest absolute Gasteiger partial charge is 0.416 e. The minimum absolute atomic E-state index is 0.205. The molecular weight excluding hydrogens is 331 g/mol. The molecule has 0 atom stereocenters. The fourth-order valence-corrected chi connectivity index (χ4v) is 2.68. The van der Waals surface area contributed by atoms with Gasteiger partial charge in [0.2, 0.25) is 0 Å². The zero-order valence-electron chi connectivity index (χ0n) is 13.7. The lowest BCUT2D eigenvalue weighted by atomic mass is 10.1. The Kier molecular flexibility index (Phi) is 4.24. The molecule has 1 aromatic heterocycles. The van der Waals surface area contributed by atoms with E-state index in [4.69, 9.17) is 0 Å². The Hall–Kier alpha value is -2.83. The molecule has 0 saturated carbocycles. The number of aromatic amines is 1. The van der Waals surface area contributed by atoms with Crippen LogP contribution in [0.2, 0.25) is 0 Å². The molecule has 0 saturated heterocycles. The van der Waals surface area contributed by atoms with Crippen molar-refractivity contribution in [2.45, 2.75) is 19.6 Å². The van der Waals surface area contributed by atoms with E-state index in [1.807, 2.05) is 6.07 Å². The summed E-state index contributed by atoms with van der Waals surface area (Å²) in [4.78, 5) is 21.6. The maximum Gasteiger partial charge on any atom is 0.416 e. The second-order valence-electron chi connectivity index (χ2n) is 5.88. The number of amides is 1. The third-order valence-corrected chi connectivity index (χ3v) is 3.91. The molecule has 0 bridgehead atoms. The number of carbonyl (C=O) groups is 1. The number of hydrogen-bond acceptors (Lipinski definition) is 2. The molecule has 4 nitrogen and oxygen atoms in total. The highest BCUT2D eigenvalue weighted by molar-refractivity contribution is 6.04. The van der Waals surface area contributed by atoms with Gasteiger partial charge in [0.1, 0.15) is 11.3 Å². The molecule has 3 rings (SSSR count). The SMILES string of the molecule is Cc1nc2c(C(=O)N(C)Cc3ccc(C(F)(F)F)cc3)cccc2[nH]1. The number of fused-ring (bicyclic) bond motifs is 1. The molecule has 0 radical (unpaired) electrons. The van der Waals surface area contributed by atoms with E-state index >= 15 is 0 Å². The Balaban J connectivity index is 1.80. The Morgan fingerprint density at radius 1 is 1.16 bits per heavy atom. The van der Waals surface area contributed by atoms with Crippen LogP contribution in [-0.4, -0.2) is 27.8 Å². The van der Waals surface area contributed by atoms with Gasteiger partial charge in [0.15, 0.2) is 0 Å². The summed E-state index contributed by atoms with van der Waals surface area (Å²) < 4.78 is 37.8. The quantitative estimate of drug-likeness (QED) is 0.773. The zero-order valence-corrected chi connectivity index (χ0v) is 13.7. The number of benzene rings is 2. The van der Waals surface area contributed by atoms with E-state index in [0.717, 1.165) is 17.6 Å². The molecule has 3 aromatic rings. The number of alkyl halides is 3. The minimum Gasteiger partial charge on any atom is -0.342 e. The van der Waals surface area contributed by atoms with E-state index in [0.29, 0.717) is 22.5 Å². The Bertz CT molecular complexity index is 913. The standard InChI is InChI=1S/C18H16F3N3O/c1-11-22-15-5-3-4-14(16(15)23-11)17(25)24(2)10-12-6-8-13(9-7-12)18(19,20)21/h3-9H,10H2,1-2H3,(H,22,23). The lowest BCUT2D eigenvalue weighted by Crippen LogP contribution is -2.26. The second kappa shape index (κ2) is 6.23. The van der Waals surface area contributed by atoms with Crippen LogP contribution in [-0.2, 0) is 12.7 Å². The number of para-hydroxylation sites is 1. The number of rotatable bonds is 3. The molecule has 0 spiro atoms. The van der Waals surface area contributed by atoms with Gasteiger partial charge in [-0.25, -0.2) is 4.98 Å². The van der Waals surface area contributed by atoms with Crippen LogP contribution in [0, 0.1) is 6.92 Å². The van der Waals surface area contributed by atoms with Crippen molar-refractivity contribution in [2.24, 2.45) is 0 Å².